The van der Waals surface area contributed by atoms with Crippen molar-refractivity contribution in [3.05, 3.63) is 83.9 Å². The van der Waals surface area contributed by atoms with Crippen molar-refractivity contribution in [1.82, 2.24) is 0 Å². The van der Waals surface area contributed by atoms with Crippen LogP contribution in [-0.2, 0) is 5.41 Å². The maximum atomic E-state index is 3.62. The minimum absolute atomic E-state index is 0.126. The summed E-state index contributed by atoms with van der Waals surface area (Å²) in [5, 5.41) is 3.62. The van der Waals surface area contributed by atoms with E-state index in [0.717, 1.165) is 11.4 Å². The van der Waals surface area contributed by atoms with Gasteiger partial charge >= 0.3 is 0 Å². The third kappa shape index (κ3) is 4.16. The summed E-state index contributed by atoms with van der Waals surface area (Å²) in [6, 6.07) is 26.1. The zero-order valence-corrected chi connectivity index (χ0v) is 16.5. The first-order valence-corrected chi connectivity index (χ1v) is 9.41. The molecule has 0 saturated heterocycles. The lowest BCUT2D eigenvalue weighted by atomic mass is 9.85. The molecule has 0 bridgehead atoms. The minimum Gasteiger partial charge on any atom is -0.355 e. The number of benzene rings is 3. The van der Waals surface area contributed by atoms with Gasteiger partial charge in [0.2, 0.25) is 0 Å². The van der Waals surface area contributed by atoms with Crippen LogP contribution < -0.4 is 5.32 Å². The first-order chi connectivity index (χ1) is 12.3. The molecular weight excluding hydrogens is 314 g/mol. The highest BCUT2D eigenvalue weighted by molar-refractivity contribution is 5.81. The average Bonchev–Trinajstić information content (AvgIpc) is 2.62. The molecule has 0 spiro atoms. The number of hydrogen-bond acceptors (Lipinski definition) is 1. The van der Waals surface area contributed by atoms with Gasteiger partial charge < -0.3 is 5.32 Å². The van der Waals surface area contributed by atoms with Gasteiger partial charge in [-0.1, -0.05) is 83.1 Å². The van der Waals surface area contributed by atoms with Crippen LogP contribution in [0.15, 0.2) is 72.8 Å². The first kappa shape index (κ1) is 18.3. The molecule has 0 fully saturated rings. The van der Waals surface area contributed by atoms with Gasteiger partial charge in [0, 0.05) is 16.9 Å². The second-order valence-corrected chi connectivity index (χ2v) is 8.28. The topological polar surface area (TPSA) is 12.0 Å². The van der Waals surface area contributed by atoms with Gasteiger partial charge in [-0.3, -0.25) is 0 Å². The molecule has 0 amide bonds. The molecule has 3 rings (SSSR count). The van der Waals surface area contributed by atoms with E-state index in [-0.39, 0.29) is 5.41 Å². The van der Waals surface area contributed by atoms with Gasteiger partial charge in [0.25, 0.3) is 0 Å². The van der Waals surface area contributed by atoms with Gasteiger partial charge in [-0.05, 0) is 52.3 Å². The Morgan fingerprint density at radius 2 is 1.42 bits per heavy atom. The zero-order chi connectivity index (χ0) is 18.7. The van der Waals surface area contributed by atoms with Gasteiger partial charge in [0.1, 0.15) is 0 Å². The first-order valence-electron chi connectivity index (χ1n) is 9.41. The second-order valence-electron chi connectivity index (χ2n) is 8.28. The molecule has 0 aromatic heterocycles. The van der Waals surface area contributed by atoms with Crippen molar-refractivity contribution >= 4 is 11.4 Å². The highest BCUT2D eigenvalue weighted by Gasteiger charge is 2.16. The van der Waals surface area contributed by atoms with Crippen LogP contribution in [-0.4, -0.2) is 0 Å². The lowest BCUT2D eigenvalue weighted by Crippen LogP contribution is -2.11. The molecule has 3 aromatic rings. The lowest BCUT2D eigenvalue weighted by molar-refractivity contribution is 0.590. The molecule has 0 atom stereocenters. The fraction of sp³-hybridized carbons (Fsp3) is 0.280. The molecule has 0 unspecified atom stereocenters. The Bertz CT molecular complexity index is 853. The quantitative estimate of drug-likeness (QED) is 0.516. The van der Waals surface area contributed by atoms with Crippen LogP contribution in [0.4, 0.5) is 11.4 Å². The molecule has 0 aliphatic rings. The van der Waals surface area contributed by atoms with Crippen LogP contribution in [0.1, 0.15) is 51.7 Å². The molecule has 0 aliphatic heterocycles. The summed E-state index contributed by atoms with van der Waals surface area (Å²) in [7, 11) is 0. The fourth-order valence-corrected chi connectivity index (χ4v) is 3.08. The molecule has 0 aliphatic carbocycles. The zero-order valence-electron chi connectivity index (χ0n) is 16.5. The maximum Gasteiger partial charge on any atom is 0.0464 e. The van der Waals surface area contributed by atoms with Crippen LogP contribution in [0.5, 0.6) is 0 Å². The Balaban J connectivity index is 2.00. The Kier molecular flexibility index (Phi) is 5.18. The number of nitrogens with one attached hydrogen (secondary N) is 1. The highest BCUT2D eigenvalue weighted by Crippen LogP contribution is 2.35. The molecule has 0 heterocycles. The summed E-state index contributed by atoms with van der Waals surface area (Å²) in [5.41, 5.74) is 7.57. The van der Waals surface area contributed by atoms with Crippen molar-refractivity contribution in [2.45, 2.75) is 46.0 Å². The molecule has 26 heavy (non-hydrogen) atoms. The smallest absolute Gasteiger partial charge is 0.0464 e. The van der Waals surface area contributed by atoms with Crippen molar-refractivity contribution in [3.63, 3.8) is 0 Å². The molecular formula is C25H29N. The van der Waals surface area contributed by atoms with Gasteiger partial charge in [0.15, 0.2) is 0 Å². The Morgan fingerprint density at radius 3 is 2.00 bits per heavy atom. The van der Waals surface area contributed by atoms with E-state index in [4.69, 9.17) is 0 Å². The third-order valence-electron chi connectivity index (χ3n) is 4.83. The Hall–Kier alpha value is -2.54. The van der Waals surface area contributed by atoms with E-state index in [0.29, 0.717) is 5.92 Å². The Labute approximate surface area is 158 Å². The van der Waals surface area contributed by atoms with E-state index in [1.54, 1.807) is 0 Å². The minimum atomic E-state index is 0.126. The van der Waals surface area contributed by atoms with E-state index in [1.807, 2.05) is 0 Å². The van der Waals surface area contributed by atoms with Crippen molar-refractivity contribution in [3.8, 4) is 11.1 Å². The molecule has 1 N–H and O–H groups in total. The van der Waals surface area contributed by atoms with E-state index in [2.05, 4.69) is 113 Å². The molecule has 1 nitrogen and oxygen atoms in total. The van der Waals surface area contributed by atoms with Gasteiger partial charge in [-0.25, -0.2) is 0 Å². The standard InChI is InChI=1S/C25H29N/c1-18(2)19-11-14-22(15-12-19)26-24-16-13-21(25(3,4)5)17-23(24)20-9-7-6-8-10-20/h6-18,26H,1-5H3. The van der Waals surface area contributed by atoms with Gasteiger partial charge in [-0.2, -0.15) is 0 Å². The van der Waals surface area contributed by atoms with E-state index in [1.165, 1.54) is 22.3 Å². The molecule has 3 aromatic carbocycles. The number of anilines is 2. The normalized spacial score (nSPS) is 11.6. The van der Waals surface area contributed by atoms with Crippen molar-refractivity contribution < 1.29 is 0 Å². The summed E-state index contributed by atoms with van der Waals surface area (Å²) >= 11 is 0. The monoisotopic (exact) mass is 343 g/mol. The van der Waals surface area contributed by atoms with E-state index in [9.17, 15) is 0 Å². The predicted molar refractivity (Wildman–Crippen MR) is 114 cm³/mol. The van der Waals surface area contributed by atoms with Crippen LogP contribution in [0.25, 0.3) is 11.1 Å². The summed E-state index contributed by atoms with van der Waals surface area (Å²) in [4.78, 5) is 0. The van der Waals surface area contributed by atoms with Gasteiger partial charge in [0.05, 0.1) is 0 Å². The predicted octanol–water partition coefficient (Wildman–Crippen LogP) is 7.52. The van der Waals surface area contributed by atoms with Crippen LogP contribution in [0.2, 0.25) is 0 Å². The molecule has 134 valence electrons. The lowest BCUT2D eigenvalue weighted by Gasteiger charge is -2.22. The summed E-state index contributed by atoms with van der Waals surface area (Å²) in [6.07, 6.45) is 0. The van der Waals surface area contributed by atoms with Crippen molar-refractivity contribution in [2.24, 2.45) is 0 Å². The van der Waals surface area contributed by atoms with Crippen LogP contribution in [0, 0.1) is 0 Å². The van der Waals surface area contributed by atoms with E-state index < -0.39 is 0 Å². The number of hydrogen-bond donors (Lipinski definition) is 1. The van der Waals surface area contributed by atoms with Crippen molar-refractivity contribution in [1.29, 1.82) is 0 Å². The molecule has 0 saturated carbocycles. The maximum absolute atomic E-state index is 3.62. The Morgan fingerprint density at radius 1 is 0.769 bits per heavy atom. The molecule has 1 heteroatoms. The third-order valence-corrected chi connectivity index (χ3v) is 4.83. The molecule has 0 radical (unpaired) electrons. The largest absolute Gasteiger partial charge is 0.355 e. The summed E-state index contributed by atoms with van der Waals surface area (Å²) < 4.78 is 0. The fourth-order valence-electron chi connectivity index (χ4n) is 3.08. The summed E-state index contributed by atoms with van der Waals surface area (Å²) in [5.74, 6) is 0.551. The van der Waals surface area contributed by atoms with Gasteiger partial charge in [-0.15, -0.1) is 0 Å². The second kappa shape index (κ2) is 7.37. The van der Waals surface area contributed by atoms with Crippen LogP contribution in [0.3, 0.4) is 0 Å². The van der Waals surface area contributed by atoms with E-state index >= 15 is 0 Å². The van der Waals surface area contributed by atoms with Crippen molar-refractivity contribution in [2.75, 3.05) is 5.32 Å². The highest BCUT2D eigenvalue weighted by atomic mass is 14.9. The van der Waals surface area contributed by atoms with Crippen LogP contribution >= 0.6 is 0 Å². The SMILES string of the molecule is CC(C)c1ccc(Nc2ccc(C(C)(C)C)cc2-c2ccccc2)cc1. The average molecular weight is 344 g/mol. The summed E-state index contributed by atoms with van der Waals surface area (Å²) in [6.45, 7) is 11.2. The number of rotatable bonds is 4.